The fraction of sp³-hybridized carbons (Fsp3) is 0.500. The van der Waals surface area contributed by atoms with Gasteiger partial charge in [0.1, 0.15) is 10.8 Å². The van der Waals surface area contributed by atoms with Crippen molar-refractivity contribution >= 4 is 23.0 Å². The molecule has 0 aliphatic heterocycles. The largest absolute Gasteiger partial charge is 0.389 e. The summed E-state index contributed by atoms with van der Waals surface area (Å²) in [4.78, 5) is 6.90. The van der Waals surface area contributed by atoms with E-state index >= 15 is 0 Å². The highest BCUT2D eigenvalue weighted by atomic mass is 32.1. The normalized spacial score (nSPS) is 10.9. The average molecular weight is 252 g/mol. The second-order valence-corrected chi connectivity index (χ2v) is 4.74. The predicted molar refractivity (Wildman–Crippen MR) is 76.4 cm³/mol. The first-order chi connectivity index (χ1) is 8.00. The standard InChI is InChI=1S/C12H20N4S/c1-9(2)16(3)7-6-14-11-5-4-10(8-15-11)12(13)17/h4-5,8-9H,6-7H2,1-3H3,(H2,13,17)(H,14,15). The number of anilines is 1. The van der Waals surface area contributed by atoms with Crippen molar-refractivity contribution in [2.45, 2.75) is 19.9 Å². The lowest BCUT2D eigenvalue weighted by molar-refractivity contribution is 0.284. The van der Waals surface area contributed by atoms with Gasteiger partial charge in [-0.25, -0.2) is 4.98 Å². The van der Waals surface area contributed by atoms with Gasteiger partial charge in [0.25, 0.3) is 0 Å². The molecule has 1 heterocycles. The highest BCUT2D eigenvalue weighted by molar-refractivity contribution is 7.80. The SMILES string of the molecule is CC(C)N(C)CCNc1ccc(C(N)=S)cn1. The maximum Gasteiger partial charge on any atom is 0.125 e. The Bertz CT molecular complexity index is 361. The molecule has 1 aromatic rings. The van der Waals surface area contributed by atoms with Crippen molar-refractivity contribution in [2.24, 2.45) is 5.73 Å². The smallest absolute Gasteiger partial charge is 0.125 e. The summed E-state index contributed by atoms with van der Waals surface area (Å²) < 4.78 is 0. The van der Waals surface area contributed by atoms with Gasteiger partial charge in [0.15, 0.2) is 0 Å². The van der Waals surface area contributed by atoms with E-state index in [2.05, 4.69) is 36.1 Å². The first kappa shape index (κ1) is 13.9. The van der Waals surface area contributed by atoms with Gasteiger partial charge in [-0.1, -0.05) is 12.2 Å². The Balaban J connectivity index is 2.40. The second-order valence-electron chi connectivity index (χ2n) is 4.30. The lowest BCUT2D eigenvalue weighted by atomic mass is 10.3. The molecular weight excluding hydrogens is 232 g/mol. The van der Waals surface area contributed by atoms with Crippen LogP contribution in [0.25, 0.3) is 0 Å². The van der Waals surface area contributed by atoms with Crippen LogP contribution >= 0.6 is 12.2 Å². The van der Waals surface area contributed by atoms with Gasteiger partial charge in [-0.05, 0) is 33.0 Å². The van der Waals surface area contributed by atoms with E-state index in [-0.39, 0.29) is 0 Å². The monoisotopic (exact) mass is 252 g/mol. The van der Waals surface area contributed by atoms with Crippen LogP contribution in [0, 0.1) is 0 Å². The molecule has 0 aromatic carbocycles. The van der Waals surface area contributed by atoms with Crippen LogP contribution in [0.4, 0.5) is 5.82 Å². The Morgan fingerprint density at radius 3 is 2.71 bits per heavy atom. The third-order valence-electron chi connectivity index (χ3n) is 2.70. The summed E-state index contributed by atoms with van der Waals surface area (Å²) in [6, 6.07) is 4.33. The van der Waals surface area contributed by atoms with Gasteiger partial charge in [-0.3, -0.25) is 0 Å². The second kappa shape index (κ2) is 6.51. The van der Waals surface area contributed by atoms with E-state index in [1.54, 1.807) is 6.20 Å². The van der Waals surface area contributed by atoms with Crippen LogP contribution in [0.5, 0.6) is 0 Å². The highest BCUT2D eigenvalue weighted by Gasteiger charge is 2.02. The first-order valence-electron chi connectivity index (χ1n) is 5.70. The van der Waals surface area contributed by atoms with E-state index in [4.69, 9.17) is 18.0 Å². The highest BCUT2D eigenvalue weighted by Crippen LogP contribution is 2.04. The van der Waals surface area contributed by atoms with E-state index in [0.29, 0.717) is 11.0 Å². The molecule has 0 radical (unpaired) electrons. The summed E-state index contributed by atoms with van der Waals surface area (Å²) in [5.41, 5.74) is 6.30. The number of hydrogen-bond donors (Lipinski definition) is 2. The Kier molecular flexibility index (Phi) is 5.31. The molecule has 0 unspecified atom stereocenters. The topological polar surface area (TPSA) is 54.2 Å². The molecule has 5 heteroatoms. The average Bonchev–Trinajstić information content (AvgIpc) is 2.29. The zero-order valence-electron chi connectivity index (χ0n) is 10.6. The molecule has 3 N–H and O–H groups in total. The third-order valence-corrected chi connectivity index (χ3v) is 2.94. The van der Waals surface area contributed by atoms with E-state index in [1.165, 1.54) is 0 Å². The predicted octanol–water partition coefficient (Wildman–Crippen LogP) is 1.47. The Morgan fingerprint density at radius 2 is 2.24 bits per heavy atom. The Labute approximate surface area is 108 Å². The van der Waals surface area contributed by atoms with Crippen LogP contribution in [0.1, 0.15) is 19.4 Å². The number of nitrogens with one attached hydrogen (secondary N) is 1. The van der Waals surface area contributed by atoms with Crippen LogP contribution in [0.2, 0.25) is 0 Å². The molecule has 4 nitrogen and oxygen atoms in total. The minimum atomic E-state index is 0.378. The molecule has 0 amide bonds. The molecule has 0 saturated heterocycles. The summed E-state index contributed by atoms with van der Waals surface area (Å²) in [6.07, 6.45) is 1.69. The summed E-state index contributed by atoms with van der Waals surface area (Å²) in [5.74, 6) is 0.849. The van der Waals surface area contributed by atoms with Crippen LogP contribution < -0.4 is 11.1 Å². The molecule has 0 aliphatic rings. The molecule has 0 bridgehead atoms. The van der Waals surface area contributed by atoms with Gasteiger partial charge in [0.05, 0.1) is 0 Å². The molecule has 94 valence electrons. The molecule has 0 fully saturated rings. The van der Waals surface area contributed by atoms with Crippen LogP contribution in [-0.4, -0.2) is 41.1 Å². The molecule has 0 saturated carbocycles. The van der Waals surface area contributed by atoms with Crippen LogP contribution in [-0.2, 0) is 0 Å². The van der Waals surface area contributed by atoms with Gasteiger partial charge >= 0.3 is 0 Å². The van der Waals surface area contributed by atoms with Crippen molar-refractivity contribution in [2.75, 3.05) is 25.5 Å². The van der Waals surface area contributed by atoms with Crippen LogP contribution in [0.15, 0.2) is 18.3 Å². The van der Waals surface area contributed by atoms with Crippen molar-refractivity contribution in [3.05, 3.63) is 23.9 Å². The van der Waals surface area contributed by atoms with Crippen molar-refractivity contribution in [3.63, 3.8) is 0 Å². The quantitative estimate of drug-likeness (QED) is 0.751. The number of thiocarbonyl (C=S) groups is 1. The first-order valence-corrected chi connectivity index (χ1v) is 6.11. The van der Waals surface area contributed by atoms with Crippen molar-refractivity contribution in [1.29, 1.82) is 0 Å². The maximum absolute atomic E-state index is 5.50. The number of aromatic nitrogens is 1. The number of rotatable bonds is 6. The number of pyridine rings is 1. The summed E-state index contributed by atoms with van der Waals surface area (Å²) in [7, 11) is 2.11. The van der Waals surface area contributed by atoms with E-state index in [0.717, 1.165) is 24.5 Å². The third kappa shape index (κ3) is 4.66. The fourth-order valence-electron chi connectivity index (χ4n) is 1.26. The Hall–Kier alpha value is -1.20. The number of nitrogens with two attached hydrogens (primary N) is 1. The van der Waals surface area contributed by atoms with Gasteiger partial charge in [0.2, 0.25) is 0 Å². The zero-order chi connectivity index (χ0) is 12.8. The van der Waals surface area contributed by atoms with Crippen LogP contribution in [0.3, 0.4) is 0 Å². The molecular formula is C12H20N4S. The lowest BCUT2D eigenvalue weighted by Gasteiger charge is -2.21. The molecule has 17 heavy (non-hydrogen) atoms. The van der Waals surface area contributed by atoms with Gasteiger partial charge in [0, 0.05) is 30.9 Å². The lowest BCUT2D eigenvalue weighted by Crippen LogP contribution is -2.31. The molecule has 0 spiro atoms. The summed E-state index contributed by atoms with van der Waals surface area (Å²) >= 11 is 4.87. The van der Waals surface area contributed by atoms with Crippen molar-refractivity contribution in [3.8, 4) is 0 Å². The molecule has 1 aromatic heterocycles. The molecule has 0 atom stereocenters. The minimum absolute atomic E-state index is 0.378. The molecule has 1 rings (SSSR count). The van der Waals surface area contributed by atoms with Gasteiger partial charge < -0.3 is 16.0 Å². The van der Waals surface area contributed by atoms with E-state index < -0.39 is 0 Å². The van der Waals surface area contributed by atoms with Crippen molar-refractivity contribution < 1.29 is 0 Å². The van der Waals surface area contributed by atoms with Gasteiger partial charge in [-0.2, -0.15) is 0 Å². The fourth-order valence-corrected chi connectivity index (χ4v) is 1.38. The van der Waals surface area contributed by atoms with E-state index in [1.807, 2.05) is 12.1 Å². The number of likely N-dealkylation sites (N-methyl/N-ethyl adjacent to an activating group) is 1. The van der Waals surface area contributed by atoms with Gasteiger partial charge in [-0.15, -0.1) is 0 Å². The Morgan fingerprint density at radius 1 is 1.53 bits per heavy atom. The van der Waals surface area contributed by atoms with Crippen molar-refractivity contribution in [1.82, 2.24) is 9.88 Å². The zero-order valence-corrected chi connectivity index (χ0v) is 11.4. The van der Waals surface area contributed by atoms with E-state index in [9.17, 15) is 0 Å². The molecule has 0 aliphatic carbocycles. The summed E-state index contributed by atoms with van der Waals surface area (Å²) in [6.45, 7) is 6.20. The maximum atomic E-state index is 5.50. The summed E-state index contributed by atoms with van der Waals surface area (Å²) in [5, 5.41) is 3.26. The number of nitrogens with zero attached hydrogens (tertiary/aromatic N) is 2. The number of hydrogen-bond acceptors (Lipinski definition) is 4. The minimum Gasteiger partial charge on any atom is -0.389 e.